The number of hydrogen-bond donors (Lipinski definition) is 0. The maximum atomic E-state index is 12.1. The minimum atomic E-state index is -0.141. The molecule has 0 aromatic carbocycles. The van der Waals surface area contributed by atoms with Gasteiger partial charge in [-0.2, -0.15) is 0 Å². The molecule has 0 N–H and O–H groups in total. The number of hydrogen-bond acceptors (Lipinski definition) is 2. The zero-order valence-electron chi connectivity index (χ0n) is 19.5. The van der Waals surface area contributed by atoms with E-state index in [1.165, 1.54) is 77.0 Å². The van der Waals surface area contributed by atoms with Crippen LogP contribution in [0.2, 0.25) is 0 Å². The van der Waals surface area contributed by atoms with E-state index in [0.717, 1.165) is 43.9 Å². The molecular weight excluding hydrogens is 368 g/mol. The van der Waals surface area contributed by atoms with Crippen molar-refractivity contribution in [3.63, 3.8) is 0 Å². The SMILES string of the molecule is CCCCCC/C=C/C=C/CCC/C=C/C(=O)OC1CCC(C2CCCCC2)CC1. The summed E-state index contributed by atoms with van der Waals surface area (Å²) in [6.45, 7) is 2.25. The summed E-state index contributed by atoms with van der Waals surface area (Å²) in [5.41, 5.74) is 0. The van der Waals surface area contributed by atoms with Crippen LogP contribution >= 0.6 is 0 Å². The lowest BCUT2D eigenvalue weighted by Gasteiger charge is -2.35. The van der Waals surface area contributed by atoms with Crippen molar-refractivity contribution in [2.24, 2.45) is 11.8 Å². The third kappa shape index (κ3) is 11.2. The van der Waals surface area contributed by atoms with Gasteiger partial charge in [-0.3, -0.25) is 0 Å². The Balaban J connectivity index is 1.46. The third-order valence-electron chi connectivity index (χ3n) is 6.92. The van der Waals surface area contributed by atoms with E-state index in [9.17, 15) is 4.79 Å². The fourth-order valence-electron chi connectivity index (χ4n) is 5.06. The van der Waals surface area contributed by atoms with Crippen LogP contribution in [0.1, 0.15) is 116 Å². The molecule has 0 amide bonds. The highest BCUT2D eigenvalue weighted by Gasteiger charge is 2.29. The molecule has 0 aromatic heterocycles. The fourth-order valence-corrected chi connectivity index (χ4v) is 5.06. The van der Waals surface area contributed by atoms with Gasteiger partial charge < -0.3 is 4.74 Å². The normalized spacial score (nSPS) is 23.6. The summed E-state index contributed by atoms with van der Waals surface area (Å²) >= 11 is 0. The minimum absolute atomic E-state index is 0.141. The summed E-state index contributed by atoms with van der Waals surface area (Å²) in [6.07, 6.45) is 34.0. The van der Waals surface area contributed by atoms with Crippen molar-refractivity contribution in [2.75, 3.05) is 0 Å². The monoisotopic (exact) mass is 414 g/mol. The second kappa shape index (κ2) is 16.4. The zero-order valence-corrected chi connectivity index (χ0v) is 19.5. The summed E-state index contributed by atoms with van der Waals surface area (Å²) in [6, 6.07) is 0. The Morgan fingerprint density at radius 2 is 1.37 bits per heavy atom. The van der Waals surface area contributed by atoms with E-state index in [0.29, 0.717) is 0 Å². The first-order chi connectivity index (χ1) is 14.8. The van der Waals surface area contributed by atoms with Gasteiger partial charge in [-0.05, 0) is 69.6 Å². The highest BCUT2D eigenvalue weighted by molar-refractivity contribution is 5.82. The van der Waals surface area contributed by atoms with Crippen molar-refractivity contribution in [3.05, 3.63) is 36.5 Å². The molecule has 170 valence electrons. The molecule has 2 fully saturated rings. The summed E-state index contributed by atoms with van der Waals surface area (Å²) in [5.74, 6) is 1.70. The lowest BCUT2D eigenvalue weighted by molar-refractivity contribution is -0.145. The summed E-state index contributed by atoms with van der Waals surface area (Å²) in [4.78, 5) is 12.1. The van der Waals surface area contributed by atoms with Crippen LogP contribution in [0.15, 0.2) is 36.5 Å². The Morgan fingerprint density at radius 1 is 0.733 bits per heavy atom. The number of carbonyl (C=O) groups excluding carboxylic acids is 1. The lowest BCUT2D eigenvalue weighted by Crippen LogP contribution is -2.28. The molecule has 0 aliphatic heterocycles. The molecule has 30 heavy (non-hydrogen) atoms. The Morgan fingerprint density at radius 3 is 2.07 bits per heavy atom. The molecule has 0 saturated heterocycles. The standard InChI is InChI=1S/C28H46O2/c1-2-3-4-5-6-7-8-9-10-11-12-13-17-20-28(29)30-27-23-21-26(22-24-27)25-18-15-14-16-19-25/h7-10,17,20,25-27H,2-6,11-16,18-19,21-24H2,1H3/b8-7+,10-9+,20-17+. The van der Waals surface area contributed by atoms with Crippen LogP contribution in [0.5, 0.6) is 0 Å². The summed E-state index contributed by atoms with van der Waals surface area (Å²) in [5, 5.41) is 0. The van der Waals surface area contributed by atoms with Gasteiger partial charge in [0.1, 0.15) is 6.10 Å². The predicted octanol–water partition coefficient (Wildman–Crippen LogP) is 8.48. The van der Waals surface area contributed by atoms with E-state index < -0.39 is 0 Å². The molecule has 0 radical (unpaired) electrons. The molecule has 2 rings (SSSR count). The van der Waals surface area contributed by atoms with E-state index in [-0.39, 0.29) is 12.1 Å². The Bertz CT molecular complexity index is 517. The van der Waals surface area contributed by atoms with Gasteiger partial charge in [0.2, 0.25) is 0 Å². The van der Waals surface area contributed by atoms with Gasteiger partial charge in [0, 0.05) is 6.08 Å². The van der Waals surface area contributed by atoms with E-state index in [1.807, 2.05) is 6.08 Å². The Kier molecular flexibility index (Phi) is 13.6. The molecule has 0 heterocycles. The largest absolute Gasteiger partial charge is 0.459 e. The molecule has 2 nitrogen and oxygen atoms in total. The Labute approximate surface area is 186 Å². The van der Waals surface area contributed by atoms with Crippen LogP contribution in [0.3, 0.4) is 0 Å². The number of ether oxygens (including phenoxy) is 1. The molecule has 2 saturated carbocycles. The highest BCUT2D eigenvalue weighted by atomic mass is 16.5. The van der Waals surface area contributed by atoms with Gasteiger partial charge in [0.25, 0.3) is 0 Å². The van der Waals surface area contributed by atoms with Crippen LogP contribution < -0.4 is 0 Å². The van der Waals surface area contributed by atoms with Gasteiger partial charge in [-0.1, -0.05) is 88.7 Å². The molecule has 2 aliphatic carbocycles. The van der Waals surface area contributed by atoms with Crippen molar-refractivity contribution in [2.45, 2.75) is 122 Å². The third-order valence-corrected chi connectivity index (χ3v) is 6.92. The van der Waals surface area contributed by atoms with E-state index in [2.05, 4.69) is 31.2 Å². The molecule has 0 spiro atoms. The van der Waals surface area contributed by atoms with Crippen LogP contribution in [0, 0.1) is 11.8 Å². The smallest absolute Gasteiger partial charge is 0.330 e. The first-order valence-corrected chi connectivity index (χ1v) is 13.0. The number of allylic oxidation sites excluding steroid dienone is 5. The van der Waals surface area contributed by atoms with Gasteiger partial charge in [-0.15, -0.1) is 0 Å². The number of unbranched alkanes of at least 4 members (excludes halogenated alkanes) is 6. The maximum absolute atomic E-state index is 12.1. The van der Waals surface area contributed by atoms with Gasteiger partial charge >= 0.3 is 5.97 Å². The van der Waals surface area contributed by atoms with Gasteiger partial charge in [0.05, 0.1) is 0 Å². The van der Waals surface area contributed by atoms with Crippen molar-refractivity contribution in [1.29, 1.82) is 0 Å². The number of carbonyl (C=O) groups is 1. The molecule has 2 aliphatic rings. The molecule has 0 aromatic rings. The average Bonchev–Trinajstić information content (AvgIpc) is 2.78. The zero-order chi connectivity index (χ0) is 21.3. The maximum Gasteiger partial charge on any atom is 0.330 e. The number of rotatable bonds is 13. The van der Waals surface area contributed by atoms with Crippen molar-refractivity contribution in [1.82, 2.24) is 0 Å². The van der Waals surface area contributed by atoms with Gasteiger partial charge in [-0.25, -0.2) is 4.79 Å². The summed E-state index contributed by atoms with van der Waals surface area (Å²) < 4.78 is 5.69. The second-order valence-corrected chi connectivity index (χ2v) is 9.41. The van der Waals surface area contributed by atoms with E-state index in [4.69, 9.17) is 4.74 Å². The van der Waals surface area contributed by atoms with Crippen LogP contribution in [0.4, 0.5) is 0 Å². The Hall–Kier alpha value is -1.31. The first-order valence-electron chi connectivity index (χ1n) is 13.0. The fraction of sp³-hybridized carbons (Fsp3) is 0.750. The first kappa shape index (κ1) is 25.0. The van der Waals surface area contributed by atoms with Gasteiger partial charge in [0.15, 0.2) is 0 Å². The topological polar surface area (TPSA) is 26.3 Å². The minimum Gasteiger partial charge on any atom is -0.459 e. The lowest BCUT2D eigenvalue weighted by atomic mass is 9.73. The highest BCUT2D eigenvalue weighted by Crippen LogP contribution is 2.38. The van der Waals surface area contributed by atoms with Crippen molar-refractivity contribution in [3.8, 4) is 0 Å². The predicted molar refractivity (Wildman–Crippen MR) is 128 cm³/mol. The average molecular weight is 415 g/mol. The van der Waals surface area contributed by atoms with Crippen LogP contribution in [-0.4, -0.2) is 12.1 Å². The molecule has 2 heteroatoms. The van der Waals surface area contributed by atoms with E-state index in [1.54, 1.807) is 6.08 Å². The quantitative estimate of drug-likeness (QED) is 0.131. The molecule has 0 atom stereocenters. The molecular formula is C28H46O2. The van der Waals surface area contributed by atoms with Crippen molar-refractivity contribution < 1.29 is 9.53 Å². The van der Waals surface area contributed by atoms with Crippen LogP contribution in [-0.2, 0) is 9.53 Å². The number of esters is 1. The second-order valence-electron chi connectivity index (χ2n) is 9.41. The van der Waals surface area contributed by atoms with Crippen LogP contribution in [0.25, 0.3) is 0 Å². The summed E-state index contributed by atoms with van der Waals surface area (Å²) in [7, 11) is 0. The van der Waals surface area contributed by atoms with E-state index >= 15 is 0 Å². The van der Waals surface area contributed by atoms with Crippen molar-refractivity contribution >= 4 is 5.97 Å². The molecule has 0 bridgehead atoms. The molecule has 0 unspecified atom stereocenters.